The van der Waals surface area contributed by atoms with Gasteiger partial charge >= 0.3 is 0 Å². The zero-order valence-corrected chi connectivity index (χ0v) is 12.5. The summed E-state index contributed by atoms with van der Waals surface area (Å²) in [6, 6.07) is 8.60. The fourth-order valence-corrected chi connectivity index (χ4v) is 2.39. The van der Waals surface area contributed by atoms with Crippen molar-refractivity contribution in [3.63, 3.8) is 0 Å². The minimum absolute atomic E-state index is 0.0179. The van der Waals surface area contributed by atoms with Gasteiger partial charge in [0.05, 0.1) is 18.2 Å². The van der Waals surface area contributed by atoms with Crippen LogP contribution < -0.4 is 10.1 Å². The largest absolute Gasteiger partial charge is 0.497 e. The van der Waals surface area contributed by atoms with E-state index in [1.807, 2.05) is 6.92 Å². The lowest BCUT2D eigenvalue weighted by molar-refractivity contribution is 0.410. The van der Waals surface area contributed by atoms with E-state index in [1.54, 1.807) is 24.3 Å². The predicted octanol–water partition coefficient (Wildman–Crippen LogP) is 4.33. The van der Waals surface area contributed by atoms with Crippen molar-refractivity contribution in [1.82, 2.24) is 5.32 Å². The minimum atomic E-state index is -0.611. The smallest absolute Gasteiger partial charge is 0.146 e. The molecular weight excluding hydrogens is 296 g/mol. The van der Waals surface area contributed by atoms with Gasteiger partial charge in [0, 0.05) is 17.2 Å². The number of hydrogen-bond acceptors (Lipinski definition) is 2. The highest BCUT2D eigenvalue weighted by Crippen LogP contribution is 2.30. The Morgan fingerprint density at radius 2 is 1.95 bits per heavy atom. The molecule has 0 aliphatic heterocycles. The first-order chi connectivity index (χ1) is 10.1. The molecule has 2 aromatic carbocycles. The molecule has 5 heteroatoms. The average Bonchev–Trinajstić information content (AvgIpc) is 2.48. The van der Waals surface area contributed by atoms with E-state index in [-0.39, 0.29) is 5.02 Å². The van der Waals surface area contributed by atoms with Crippen LogP contribution in [0.2, 0.25) is 5.02 Å². The van der Waals surface area contributed by atoms with E-state index in [9.17, 15) is 8.78 Å². The summed E-state index contributed by atoms with van der Waals surface area (Å²) in [4.78, 5) is 0. The molecule has 0 saturated heterocycles. The Kier molecular flexibility index (Phi) is 5.15. The molecule has 0 aliphatic carbocycles. The maximum atomic E-state index is 14.3. The average molecular weight is 312 g/mol. The van der Waals surface area contributed by atoms with Crippen LogP contribution in [0.15, 0.2) is 36.4 Å². The van der Waals surface area contributed by atoms with E-state index in [2.05, 4.69) is 5.32 Å². The highest BCUT2D eigenvalue weighted by atomic mass is 35.5. The molecular formula is C16H16ClF2NO. The summed E-state index contributed by atoms with van der Waals surface area (Å²) in [7, 11) is 1.47. The third-order valence-corrected chi connectivity index (χ3v) is 3.51. The van der Waals surface area contributed by atoms with Crippen molar-refractivity contribution >= 4 is 11.6 Å². The molecule has 0 radical (unpaired) electrons. The second-order valence-electron chi connectivity index (χ2n) is 4.52. The van der Waals surface area contributed by atoms with Crippen molar-refractivity contribution in [3.8, 4) is 5.75 Å². The van der Waals surface area contributed by atoms with E-state index >= 15 is 0 Å². The number of ether oxygens (including phenoxy) is 1. The van der Waals surface area contributed by atoms with Crippen molar-refractivity contribution in [1.29, 1.82) is 0 Å². The minimum Gasteiger partial charge on any atom is -0.497 e. The molecule has 0 amide bonds. The van der Waals surface area contributed by atoms with Gasteiger partial charge in [-0.25, -0.2) is 8.78 Å². The Morgan fingerprint density at radius 1 is 1.19 bits per heavy atom. The molecule has 21 heavy (non-hydrogen) atoms. The molecule has 2 aromatic rings. The van der Waals surface area contributed by atoms with Gasteiger partial charge in [-0.3, -0.25) is 0 Å². The van der Waals surface area contributed by atoms with Gasteiger partial charge in [-0.05, 0) is 18.7 Å². The number of methoxy groups -OCH3 is 1. The van der Waals surface area contributed by atoms with Gasteiger partial charge in [-0.15, -0.1) is 0 Å². The Bertz CT molecular complexity index is 634. The van der Waals surface area contributed by atoms with Gasteiger partial charge in [0.2, 0.25) is 0 Å². The predicted molar refractivity (Wildman–Crippen MR) is 79.9 cm³/mol. The Labute approximate surface area is 127 Å². The van der Waals surface area contributed by atoms with Crippen molar-refractivity contribution in [2.24, 2.45) is 0 Å². The molecule has 0 fully saturated rings. The van der Waals surface area contributed by atoms with Crippen LogP contribution in [0, 0.1) is 11.6 Å². The van der Waals surface area contributed by atoms with Crippen molar-refractivity contribution < 1.29 is 13.5 Å². The molecule has 1 atom stereocenters. The van der Waals surface area contributed by atoms with E-state index in [1.165, 1.54) is 19.2 Å². The van der Waals surface area contributed by atoms with Gasteiger partial charge in [-0.2, -0.15) is 0 Å². The zero-order chi connectivity index (χ0) is 15.4. The topological polar surface area (TPSA) is 21.3 Å². The molecule has 1 unspecified atom stereocenters. The van der Waals surface area contributed by atoms with Crippen molar-refractivity contribution in [2.75, 3.05) is 13.7 Å². The van der Waals surface area contributed by atoms with Crippen LogP contribution in [0.3, 0.4) is 0 Å². The highest BCUT2D eigenvalue weighted by molar-refractivity contribution is 6.30. The van der Waals surface area contributed by atoms with Crippen LogP contribution in [-0.2, 0) is 0 Å². The van der Waals surface area contributed by atoms with Crippen LogP contribution in [0.1, 0.15) is 24.1 Å². The van der Waals surface area contributed by atoms with Gasteiger partial charge in [0.15, 0.2) is 0 Å². The van der Waals surface area contributed by atoms with Crippen LogP contribution in [-0.4, -0.2) is 13.7 Å². The van der Waals surface area contributed by atoms with E-state index in [0.717, 1.165) is 0 Å². The maximum absolute atomic E-state index is 14.3. The van der Waals surface area contributed by atoms with Crippen LogP contribution in [0.25, 0.3) is 0 Å². The lowest BCUT2D eigenvalue weighted by atomic mass is 9.97. The molecule has 0 saturated carbocycles. The van der Waals surface area contributed by atoms with E-state index < -0.39 is 17.7 Å². The Morgan fingerprint density at radius 3 is 2.57 bits per heavy atom. The van der Waals surface area contributed by atoms with Crippen molar-refractivity contribution in [3.05, 3.63) is 64.2 Å². The molecule has 0 bridgehead atoms. The quantitative estimate of drug-likeness (QED) is 0.887. The van der Waals surface area contributed by atoms with Gasteiger partial charge in [0.25, 0.3) is 0 Å². The van der Waals surface area contributed by atoms with Crippen LogP contribution in [0.4, 0.5) is 8.78 Å². The standard InChI is InChI=1S/C16H16ClF2NO/c1-3-20-16(12-5-4-6-13(17)15(12)19)11-8-7-10(21-2)9-14(11)18/h4-9,16,20H,3H2,1-2H3. The number of rotatable bonds is 5. The van der Waals surface area contributed by atoms with Gasteiger partial charge in [-0.1, -0.05) is 36.7 Å². The summed E-state index contributed by atoms with van der Waals surface area (Å²) >= 11 is 5.82. The van der Waals surface area contributed by atoms with Crippen LogP contribution in [0.5, 0.6) is 5.75 Å². The number of hydrogen-bond donors (Lipinski definition) is 1. The normalized spacial score (nSPS) is 12.2. The van der Waals surface area contributed by atoms with Gasteiger partial charge < -0.3 is 10.1 Å². The Balaban J connectivity index is 2.51. The molecule has 2 rings (SSSR count). The summed E-state index contributed by atoms with van der Waals surface area (Å²) in [5.74, 6) is -0.585. The molecule has 112 valence electrons. The molecule has 0 aliphatic rings. The SMILES string of the molecule is CCNC(c1ccc(OC)cc1F)c1cccc(Cl)c1F. The third kappa shape index (κ3) is 3.34. The summed E-state index contributed by atoms with van der Waals surface area (Å²) in [5, 5.41) is 3.10. The first-order valence-corrected chi connectivity index (χ1v) is 6.97. The molecule has 0 heterocycles. The molecule has 0 spiro atoms. The zero-order valence-electron chi connectivity index (χ0n) is 11.8. The number of halogens is 3. The molecule has 1 N–H and O–H groups in total. The Hall–Kier alpha value is -1.65. The summed E-state index contributed by atoms with van der Waals surface area (Å²) in [5.41, 5.74) is 0.659. The summed E-state index contributed by atoms with van der Waals surface area (Å²) in [6.45, 7) is 2.43. The van der Waals surface area contributed by atoms with Crippen LogP contribution >= 0.6 is 11.6 Å². The fraction of sp³-hybridized carbons (Fsp3) is 0.250. The lowest BCUT2D eigenvalue weighted by Crippen LogP contribution is -2.24. The third-order valence-electron chi connectivity index (χ3n) is 3.22. The summed E-state index contributed by atoms with van der Waals surface area (Å²) < 4.78 is 33.5. The molecule has 2 nitrogen and oxygen atoms in total. The van der Waals surface area contributed by atoms with E-state index in [4.69, 9.17) is 16.3 Å². The lowest BCUT2D eigenvalue weighted by Gasteiger charge is -2.21. The number of nitrogens with one attached hydrogen (secondary N) is 1. The second kappa shape index (κ2) is 6.87. The molecule has 0 aromatic heterocycles. The second-order valence-corrected chi connectivity index (χ2v) is 4.93. The van der Waals surface area contributed by atoms with Crippen molar-refractivity contribution in [2.45, 2.75) is 13.0 Å². The first-order valence-electron chi connectivity index (χ1n) is 6.59. The number of benzene rings is 2. The van der Waals surface area contributed by atoms with E-state index in [0.29, 0.717) is 23.4 Å². The monoisotopic (exact) mass is 311 g/mol. The highest BCUT2D eigenvalue weighted by Gasteiger charge is 2.21. The maximum Gasteiger partial charge on any atom is 0.146 e. The van der Waals surface area contributed by atoms with Gasteiger partial charge in [0.1, 0.15) is 17.4 Å². The first kappa shape index (κ1) is 15.7. The summed E-state index contributed by atoms with van der Waals surface area (Å²) in [6.07, 6.45) is 0. The fourth-order valence-electron chi connectivity index (χ4n) is 2.20.